The van der Waals surface area contributed by atoms with Crippen LogP contribution in [0, 0.1) is 13.8 Å². The molecule has 0 aliphatic rings. The van der Waals surface area contributed by atoms with Crippen LogP contribution in [0.3, 0.4) is 0 Å². The molecule has 0 unspecified atom stereocenters. The van der Waals surface area contributed by atoms with Crippen molar-refractivity contribution in [1.82, 2.24) is 4.57 Å². The molecule has 0 radical (unpaired) electrons. The highest BCUT2D eigenvalue weighted by atomic mass is 16.5. The zero-order valence-corrected chi connectivity index (χ0v) is 10.5. The lowest BCUT2D eigenvalue weighted by atomic mass is 10.1. The first-order chi connectivity index (χ1) is 7.97. The maximum Gasteiger partial charge on any atom is 0.251 e. The van der Waals surface area contributed by atoms with Crippen LogP contribution in [0.4, 0.5) is 0 Å². The Morgan fingerprint density at radius 2 is 2.00 bits per heavy atom. The Labute approximate surface area is 100.0 Å². The summed E-state index contributed by atoms with van der Waals surface area (Å²) in [6.07, 6.45) is 0. The summed E-state index contributed by atoms with van der Waals surface area (Å²) in [6, 6.07) is 3.81. The molecule has 0 aliphatic carbocycles. The Balaban J connectivity index is 2.95. The quantitative estimate of drug-likeness (QED) is 0.859. The predicted molar refractivity (Wildman–Crippen MR) is 67.5 cm³/mol. The van der Waals surface area contributed by atoms with Gasteiger partial charge in [-0.3, -0.25) is 4.79 Å². The van der Waals surface area contributed by atoms with Crippen LogP contribution in [-0.2, 0) is 7.05 Å². The van der Waals surface area contributed by atoms with E-state index in [1.54, 1.807) is 7.11 Å². The average molecular weight is 232 g/mol. The number of amides is 1. The van der Waals surface area contributed by atoms with Crippen molar-refractivity contribution in [2.75, 3.05) is 7.11 Å². The highest BCUT2D eigenvalue weighted by molar-refractivity contribution is 6.08. The number of aromatic nitrogens is 1. The van der Waals surface area contributed by atoms with Gasteiger partial charge in [0.2, 0.25) is 0 Å². The molecule has 0 spiro atoms. The molecule has 90 valence electrons. The lowest BCUT2D eigenvalue weighted by Crippen LogP contribution is -2.12. The van der Waals surface area contributed by atoms with Crippen molar-refractivity contribution in [3.63, 3.8) is 0 Å². The van der Waals surface area contributed by atoms with E-state index >= 15 is 0 Å². The van der Waals surface area contributed by atoms with Crippen LogP contribution in [0.25, 0.3) is 10.9 Å². The number of ether oxygens (including phenoxy) is 1. The van der Waals surface area contributed by atoms with E-state index in [-0.39, 0.29) is 0 Å². The van der Waals surface area contributed by atoms with E-state index in [0.717, 1.165) is 27.9 Å². The maximum absolute atomic E-state index is 11.5. The van der Waals surface area contributed by atoms with Crippen molar-refractivity contribution in [3.05, 3.63) is 29.0 Å². The van der Waals surface area contributed by atoms with E-state index in [1.165, 1.54) is 0 Å². The second-order valence-corrected chi connectivity index (χ2v) is 4.22. The summed E-state index contributed by atoms with van der Waals surface area (Å²) >= 11 is 0. The Kier molecular flexibility index (Phi) is 2.58. The number of hydrogen-bond donors (Lipinski definition) is 1. The van der Waals surface area contributed by atoms with Crippen molar-refractivity contribution in [3.8, 4) is 5.75 Å². The van der Waals surface area contributed by atoms with E-state index in [4.69, 9.17) is 10.5 Å². The minimum atomic E-state index is -0.402. The SMILES string of the molecule is COc1cc(C)c2c(c1)c(C(N)=O)c(C)n2C. The minimum Gasteiger partial charge on any atom is -0.497 e. The monoisotopic (exact) mass is 232 g/mol. The number of primary amides is 1. The van der Waals surface area contributed by atoms with Crippen LogP contribution in [-0.4, -0.2) is 17.6 Å². The minimum absolute atomic E-state index is 0.402. The van der Waals surface area contributed by atoms with Crippen molar-refractivity contribution in [2.24, 2.45) is 12.8 Å². The number of carbonyl (C=O) groups is 1. The number of rotatable bonds is 2. The van der Waals surface area contributed by atoms with Crippen LogP contribution in [0.15, 0.2) is 12.1 Å². The largest absolute Gasteiger partial charge is 0.497 e. The lowest BCUT2D eigenvalue weighted by Gasteiger charge is -2.05. The molecule has 4 heteroatoms. The maximum atomic E-state index is 11.5. The summed E-state index contributed by atoms with van der Waals surface area (Å²) < 4.78 is 7.22. The van der Waals surface area contributed by atoms with E-state index in [2.05, 4.69) is 0 Å². The van der Waals surface area contributed by atoms with Crippen LogP contribution in [0.1, 0.15) is 21.6 Å². The van der Waals surface area contributed by atoms with Crippen molar-refractivity contribution < 1.29 is 9.53 Å². The Morgan fingerprint density at radius 3 is 2.53 bits per heavy atom. The van der Waals surface area contributed by atoms with Crippen LogP contribution in [0.2, 0.25) is 0 Å². The van der Waals surface area contributed by atoms with Gasteiger partial charge in [-0.1, -0.05) is 0 Å². The summed E-state index contributed by atoms with van der Waals surface area (Å²) in [5, 5.41) is 0.856. The molecule has 17 heavy (non-hydrogen) atoms. The summed E-state index contributed by atoms with van der Waals surface area (Å²) in [5.74, 6) is 0.337. The van der Waals surface area contributed by atoms with Crippen molar-refractivity contribution in [2.45, 2.75) is 13.8 Å². The molecule has 4 nitrogen and oxygen atoms in total. The molecule has 1 heterocycles. The van der Waals surface area contributed by atoms with Crippen LogP contribution in [0.5, 0.6) is 5.75 Å². The number of nitrogens with zero attached hydrogens (tertiary/aromatic N) is 1. The van der Waals surface area contributed by atoms with Crippen molar-refractivity contribution in [1.29, 1.82) is 0 Å². The zero-order chi connectivity index (χ0) is 12.7. The molecule has 0 bridgehead atoms. The van der Waals surface area contributed by atoms with Gasteiger partial charge >= 0.3 is 0 Å². The summed E-state index contributed by atoms with van der Waals surface area (Å²) in [4.78, 5) is 11.5. The fraction of sp³-hybridized carbons (Fsp3) is 0.308. The first-order valence-corrected chi connectivity index (χ1v) is 5.40. The van der Waals surface area contributed by atoms with Crippen LogP contribution < -0.4 is 10.5 Å². The first kappa shape index (κ1) is 11.5. The average Bonchev–Trinajstić information content (AvgIpc) is 2.51. The third-order valence-corrected chi connectivity index (χ3v) is 3.23. The van der Waals surface area contributed by atoms with Crippen molar-refractivity contribution >= 4 is 16.8 Å². The second kappa shape index (κ2) is 3.80. The summed E-state index contributed by atoms with van der Waals surface area (Å²) in [7, 11) is 3.55. The smallest absolute Gasteiger partial charge is 0.251 e. The first-order valence-electron chi connectivity index (χ1n) is 5.40. The number of carbonyl (C=O) groups excluding carboxylic acids is 1. The Bertz CT molecular complexity index is 612. The Morgan fingerprint density at radius 1 is 1.35 bits per heavy atom. The number of fused-ring (bicyclic) bond motifs is 1. The molecule has 0 saturated carbocycles. The number of benzene rings is 1. The van der Waals surface area contributed by atoms with E-state index in [0.29, 0.717) is 5.56 Å². The second-order valence-electron chi connectivity index (χ2n) is 4.22. The molecular formula is C13H16N2O2. The van der Waals surface area contributed by atoms with Gasteiger partial charge in [0, 0.05) is 18.1 Å². The van der Waals surface area contributed by atoms with Gasteiger partial charge in [0.15, 0.2) is 0 Å². The lowest BCUT2D eigenvalue weighted by molar-refractivity contribution is 0.100. The topological polar surface area (TPSA) is 57.2 Å². The van der Waals surface area contributed by atoms with Gasteiger partial charge in [-0.15, -0.1) is 0 Å². The van der Waals surface area contributed by atoms with E-state index in [1.807, 2.05) is 37.6 Å². The van der Waals surface area contributed by atoms with Crippen LogP contribution >= 0.6 is 0 Å². The molecule has 0 atom stereocenters. The number of nitrogens with two attached hydrogens (primary N) is 1. The van der Waals surface area contributed by atoms with Gasteiger partial charge in [-0.2, -0.15) is 0 Å². The molecule has 0 saturated heterocycles. The third-order valence-electron chi connectivity index (χ3n) is 3.23. The van der Waals surface area contributed by atoms with Gasteiger partial charge in [0.25, 0.3) is 5.91 Å². The highest BCUT2D eigenvalue weighted by Crippen LogP contribution is 2.31. The molecule has 2 N–H and O–H groups in total. The predicted octanol–water partition coefficient (Wildman–Crippen LogP) is 1.90. The molecular weight excluding hydrogens is 216 g/mol. The van der Waals surface area contributed by atoms with Gasteiger partial charge in [0.1, 0.15) is 5.75 Å². The normalized spacial score (nSPS) is 10.8. The van der Waals surface area contributed by atoms with Gasteiger partial charge in [0.05, 0.1) is 18.2 Å². The van der Waals surface area contributed by atoms with Gasteiger partial charge in [-0.25, -0.2) is 0 Å². The summed E-state index contributed by atoms with van der Waals surface area (Å²) in [5.41, 5.74) is 8.99. The number of methoxy groups -OCH3 is 1. The molecule has 1 aromatic heterocycles. The van der Waals surface area contributed by atoms with E-state index in [9.17, 15) is 4.79 Å². The molecule has 2 rings (SSSR count). The highest BCUT2D eigenvalue weighted by Gasteiger charge is 2.18. The standard InChI is InChI=1S/C13H16N2O2/c1-7-5-9(17-4)6-10-11(13(14)16)8(2)15(3)12(7)10/h5-6H,1-4H3,(H2,14,16). The Hall–Kier alpha value is -1.97. The molecule has 1 amide bonds. The number of hydrogen-bond acceptors (Lipinski definition) is 2. The van der Waals surface area contributed by atoms with Gasteiger partial charge in [-0.05, 0) is 31.5 Å². The van der Waals surface area contributed by atoms with E-state index < -0.39 is 5.91 Å². The fourth-order valence-corrected chi connectivity index (χ4v) is 2.34. The molecule has 0 fully saturated rings. The van der Waals surface area contributed by atoms with Gasteiger partial charge < -0.3 is 15.0 Å². The zero-order valence-electron chi connectivity index (χ0n) is 10.5. The molecule has 2 aromatic rings. The number of aryl methyl sites for hydroxylation is 2. The summed E-state index contributed by atoms with van der Waals surface area (Å²) in [6.45, 7) is 3.89. The molecule has 1 aromatic carbocycles. The third kappa shape index (κ3) is 1.56. The molecule has 0 aliphatic heterocycles. The fourth-order valence-electron chi connectivity index (χ4n) is 2.34.